The van der Waals surface area contributed by atoms with Crippen molar-refractivity contribution in [3.8, 4) is 0 Å². The van der Waals surface area contributed by atoms with Gasteiger partial charge in [0, 0.05) is 17.7 Å². The molecule has 0 aliphatic carbocycles. The summed E-state index contributed by atoms with van der Waals surface area (Å²) in [6.45, 7) is 4.50. The number of rotatable bonds is 7. The Morgan fingerprint density at radius 2 is 2.14 bits per heavy atom. The van der Waals surface area contributed by atoms with Crippen LogP contribution < -0.4 is 5.73 Å². The lowest BCUT2D eigenvalue weighted by molar-refractivity contribution is -0.114. The second kappa shape index (κ2) is 8.23. The number of nitrogens with two attached hydrogens (primary N) is 1. The maximum Gasteiger partial charge on any atom is 0.193 e. The maximum atomic E-state index is 11.4. The first-order chi connectivity index (χ1) is 6.59. The van der Waals surface area contributed by atoms with E-state index >= 15 is 0 Å². The lowest BCUT2D eigenvalue weighted by Crippen LogP contribution is -2.29. The summed E-state index contributed by atoms with van der Waals surface area (Å²) in [4.78, 5) is 11.4. The second-order valence-electron chi connectivity index (χ2n) is 3.15. The average molecular weight is 221 g/mol. The fourth-order valence-corrected chi connectivity index (χ4v) is 1.59. The van der Waals surface area contributed by atoms with Crippen molar-refractivity contribution in [2.24, 2.45) is 11.7 Å². The minimum absolute atomic E-state index is 0.0227. The smallest absolute Gasteiger partial charge is 0.193 e. The summed E-state index contributed by atoms with van der Waals surface area (Å²) in [6, 6.07) is -0.103. The van der Waals surface area contributed by atoms with Crippen LogP contribution in [-0.2, 0) is 9.53 Å². The Morgan fingerprint density at radius 1 is 1.50 bits per heavy atom. The fourth-order valence-electron chi connectivity index (χ4n) is 0.714. The number of ether oxygens (including phenoxy) is 1. The molecule has 0 amide bonds. The SMILES string of the molecule is CC(N)C(C)C(=O)SCCOCCO. The molecule has 0 aliphatic heterocycles. The van der Waals surface area contributed by atoms with Crippen molar-refractivity contribution in [3.63, 3.8) is 0 Å². The van der Waals surface area contributed by atoms with Crippen LogP contribution in [0.5, 0.6) is 0 Å². The summed E-state index contributed by atoms with van der Waals surface area (Å²) >= 11 is 1.24. The van der Waals surface area contributed by atoms with Crippen molar-refractivity contribution in [2.45, 2.75) is 19.9 Å². The van der Waals surface area contributed by atoms with Gasteiger partial charge in [-0.15, -0.1) is 0 Å². The molecule has 3 N–H and O–H groups in total. The Hall–Kier alpha value is -0.100. The summed E-state index contributed by atoms with van der Waals surface area (Å²) in [7, 11) is 0. The molecular weight excluding hydrogens is 202 g/mol. The van der Waals surface area contributed by atoms with E-state index in [1.54, 1.807) is 0 Å². The highest BCUT2D eigenvalue weighted by Gasteiger charge is 2.16. The molecule has 0 aromatic carbocycles. The molecule has 0 heterocycles. The van der Waals surface area contributed by atoms with Crippen molar-refractivity contribution in [3.05, 3.63) is 0 Å². The van der Waals surface area contributed by atoms with Crippen molar-refractivity contribution < 1.29 is 14.6 Å². The van der Waals surface area contributed by atoms with E-state index in [-0.39, 0.29) is 23.7 Å². The quantitative estimate of drug-likeness (QED) is 0.602. The first-order valence-corrected chi connectivity index (χ1v) is 5.69. The molecule has 2 atom stereocenters. The van der Waals surface area contributed by atoms with E-state index in [9.17, 15) is 4.79 Å². The molecule has 2 unspecified atom stereocenters. The molecule has 0 bridgehead atoms. The van der Waals surface area contributed by atoms with Crippen LogP contribution in [0.4, 0.5) is 0 Å². The van der Waals surface area contributed by atoms with Crippen LogP contribution in [0.15, 0.2) is 0 Å². The Bertz CT molecular complexity index is 164. The molecule has 0 spiro atoms. The van der Waals surface area contributed by atoms with E-state index < -0.39 is 0 Å². The third-order valence-electron chi connectivity index (χ3n) is 1.87. The number of thioether (sulfide) groups is 1. The summed E-state index contributed by atoms with van der Waals surface area (Å²) < 4.78 is 5.02. The van der Waals surface area contributed by atoms with E-state index in [1.807, 2.05) is 13.8 Å². The molecule has 0 saturated heterocycles. The predicted octanol–water partition coefficient (Wildman–Crippen LogP) is 0.238. The van der Waals surface area contributed by atoms with Crippen LogP contribution >= 0.6 is 11.8 Å². The van der Waals surface area contributed by atoms with Gasteiger partial charge in [0.1, 0.15) is 0 Å². The zero-order valence-corrected chi connectivity index (χ0v) is 9.55. The first kappa shape index (κ1) is 13.9. The minimum Gasteiger partial charge on any atom is -0.394 e. The van der Waals surface area contributed by atoms with Gasteiger partial charge in [-0.2, -0.15) is 0 Å². The Labute approximate surface area is 89.2 Å². The van der Waals surface area contributed by atoms with Crippen LogP contribution in [-0.4, -0.2) is 41.8 Å². The highest BCUT2D eigenvalue weighted by molar-refractivity contribution is 8.13. The number of hydrogen-bond donors (Lipinski definition) is 2. The average Bonchev–Trinajstić information content (AvgIpc) is 2.16. The van der Waals surface area contributed by atoms with Crippen LogP contribution in [0.2, 0.25) is 0 Å². The topological polar surface area (TPSA) is 72.6 Å². The third kappa shape index (κ3) is 6.37. The zero-order valence-electron chi connectivity index (χ0n) is 8.73. The van der Waals surface area contributed by atoms with Gasteiger partial charge in [0.25, 0.3) is 0 Å². The summed E-state index contributed by atoms with van der Waals surface area (Å²) in [6.07, 6.45) is 0. The Balaban J connectivity index is 3.44. The normalized spacial score (nSPS) is 15.1. The van der Waals surface area contributed by atoms with Gasteiger partial charge in [-0.3, -0.25) is 4.79 Å². The maximum absolute atomic E-state index is 11.4. The molecular formula is C9H19NO3S. The number of aliphatic hydroxyl groups excluding tert-OH is 1. The van der Waals surface area contributed by atoms with Crippen LogP contribution in [0.3, 0.4) is 0 Å². The standard InChI is InChI=1S/C9H19NO3S/c1-7(8(2)10)9(12)14-6-5-13-4-3-11/h7-8,11H,3-6,10H2,1-2H3. The van der Waals surface area contributed by atoms with Gasteiger partial charge in [0.15, 0.2) is 5.12 Å². The van der Waals surface area contributed by atoms with Gasteiger partial charge in [0.2, 0.25) is 0 Å². The highest BCUT2D eigenvalue weighted by atomic mass is 32.2. The van der Waals surface area contributed by atoms with E-state index in [2.05, 4.69) is 0 Å². The molecule has 4 nitrogen and oxygen atoms in total. The van der Waals surface area contributed by atoms with Crippen LogP contribution in [0, 0.1) is 5.92 Å². The number of hydrogen-bond acceptors (Lipinski definition) is 5. The third-order valence-corrected chi connectivity index (χ3v) is 2.90. The number of aliphatic hydroxyl groups is 1. The van der Waals surface area contributed by atoms with E-state index in [0.29, 0.717) is 19.0 Å². The van der Waals surface area contributed by atoms with Crippen LogP contribution in [0.1, 0.15) is 13.8 Å². The Morgan fingerprint density at radius 3 is 2.64 bits per heavy atom. The molecule has 84 valence electrons. The van der Waals surface area contributed by atoms with Gasteiger partial charge in [-0.25, -0.2) is 0 Å². The molecule has 0 rings (SSSR count). The predicted molar refractivity (Wildman–Crippen MR) is 58.2 cm³/mol. The lowest BCUT2D eigenvalue weighted by atomic mass is 10.1. The van der Waals surface area contributed by atoms with Crippen molar-refractivity contribution in [1.29, 1.82) is 0 Å². The van der Waals surface area contributed by atoms with Gasteiger partial charge in [0.05, 0.1) is 19.8 Å². The molecule has 0 radical (unpaired) electrons. The second-order valence-corrected chi connectivity index (χ2v) is 4.25. The van der Waals surface area contributed by atoms with Gasteiger partial charge in [-0.1, -0.05) is 18.7 Å². The van der Waals surface area contributed by atoms with E-state index in [4.69, 9.17) is 15.6 Å². The van der Waals surface area contributed by atoms with E-state index in [1.165, 1.54) is 11.8 Å². The summed E-state index contributed by atoms with van der Waals surface area (Å²) in [5.41, 5.74) is 5.59. The van der Waals surface area contributed by atoms with Gasteiger partial charge in [-0.05, 0) is 6.92 Å². The number of carbonyl (C=O) groups excluding carboxylic acids is 1. The van der Waals surface area contributed by atoms with Crippen molar-refractivity contribution in [1.82, 2.24) is 0 Å². The molecule has 0 aliphatic rings. The Kier molecular flexibility index (Phi) is 8.17. The first-order valence-electron chi connectivity index (χ1n) is 4.70. The highest BCUT2D eigenvalue weighted by Crippen LogP contribution is 2.12. The fraction of sp³-hybridized carbons (Fsp3) is 0.889. The molecule has 0 saturated carbocycles. The van der Waals surface area contributed by atoms with Gasteiger partial charge >= 0.3 is 0 Å². The molecule has 14 heavy (non-hydrogen) atoms. The lowest BCUT2D eigenvalue weighted by Gasteiger charge is -2.13. The molecule has 0 fully saturated rings. The summed E-state index contributed by atoms with van der Waals surface area (Å²) in [5.74, 6) is 0.508. The minimum atomic E-state index is -0.113. The van der Waals surface area contributed by atoms with E-state index in [0.717, 1.165) is 0 Å². The summed E-state index contributed by atoms with van der Waals surface area (Å²) in [5, 5.41) is 8.52. The van der Waals surface area contributed by atoms with Crippen molar-refractivity contribution >= 4 is 16.9 Å². The molecule has 0 aromatic heterocycles. The zero-order chi connectivity index (χ0) is 11.0. The van der Waals surface area contributed by atoms with Crippen molar-refractivity contribution in [2.75, 3.05) is 25.6 Å². The monoisotopic (exact) mass is 221 g/mol. The molecule has 5 heteroatoms. The van der Waals surface area contributed by atoms with Gasteiger partial charge < -0.3 is 15.6 Å². The number of carbonyl (C=O) groups is 1. The van der Waals surface area contributed by atoms with Crippen LogP contribution in [0.25, 0.3) is 0 Å². The largest absolute Gasteiger partial charge is 0.394 e. The molecule has 0 aromatic rings.